The first-order valence-corrected chi connectivity index (χ1v) is 21.8. The summed E-state index contributed by atoms with van der Waals surface area (Å²) in [6, 6.07) is 55.7. The predicted molar refractivity (Wildman–Crippen MR) is 258 cm³/mol. The summed E-state index contributed by atoms with van der Waals surface area (Å²) >= 11 is 0. The van der Waals surface area contributed by atoms with Gasteiger partial charge in [-0.2, -0.15) is 0 Å². The minimum Gasteiger partial charge on any atom is -0.450 e. The molecule has 300 valence electrons. The minimum absolute atomic E-state index is 0.339. The molecule has 6 aromatic heterocycles. The number of aromatic nitrogens is 5. The quantitative estimate of drug-likeness (QED) is 0.144. The van der Waals surface area contributed by atoms with Crippen LogP contribution in [0.1, 0.15) is 51.7 Å². The molecule has 0 radical (unpaired) electrons. The number of pyridine rings is 2. The summed E-state index contributed by atoms with van der Waals surface area (Å²) in [5.41, 5.74) is 12.9. The topological polar surface area (TPSA) is 53.7 Å². The van der Waals surface area contributed by atoms with Crippen LogP contribution in [-0.2, 0) is 11.1 Å². The summed E-state index contributed by atoms with van der Waals surface area (Å²) in [6.07, 6.45) is 10.1. The van der Waals surface area contributed by atoms with Crippen LogP contribution in [0.15, 0.2) is 181 Å². The van der Waals surface area contributed by atoms with Gasteiger partial charge < -0.3 is 18.1 Å². The first-order valence-electron chi connectivity index (χ1n) is 21.8. The molecular formula is C56H45N5O. The van der Waals surface area contributed by atoms with Crippen molar-refractivity contribution in [3.63, 3.8) is 0 Å². The second-order valence-electron chi connectivity index (χ2n) is 16.9. The number of rotatable bonds is 8. The van der Waals surface area contributed by atoms with E-state index in [1.165, 1.54) is 65.5 Å². The maximum absolute atomic E-state index is 6.50. The summed E-state index contributed by atoms with van der Waals surface area (Å²) < 4.78 is 14.0. The molecule has 0 aliphatic carbocycles. The Kier molecular flexibility index (Phi) is 7.95. The maximum Gasteiger partial charge on any atom is 0.179 e. The van der Waals surface area contributed by atoms with Crippen LogP contribution in [0.3, 0.4) is 0 Å². The van der Waals surface area contributed by atoms with Crippen LogP contribution in [-0.4, -0.2) is 23.7 Å². The highest BCUT2D eigenvalue weighted by Crippen LogP contribution is 2.46. The fourth-order valence-electron chi connectivity index (χ4n) is 11.1. The molecule has 0 N–H and O–H groups in total. The first-order chi connectivity index (χ1) is 30.5. The Balaban J connectivity index is 1.08. The van der Waals surface area contributed by atoms with Crippen molar-refractivity contribution in [2.75, 3.05) is 0 Å². The highest BCUT2D eigenvalue weighted by molar-refractivity contribution is 6.13. The van der Waals surface area contributed by atoms with Gasteiger partial charge in [0.25, 0.3) is 0 Å². The number of furan rings is 1. The van der Waals surface area contributed by atoms with E-state index < -0.39 is 5.54 Å². The van der Waals surface area contributed by atoms with Crippen molar-refractivity contribution in [1.82, 2.24) is 23.7 Å². The standard InChI is InChI=1S/C56H45N5O/c1-5-31-55(4,60-46-22-13-9-17-38(46)39-18-10-14-23-47(39)60)36-26-29-49-43(34-36)41-20-11-15-24-48(41)61(49)56(6-2,7-3)37-27-28-45-42(35-37)40-19-8-12-21-44(40)59(45)50-30-33-58-53-52-51(62-54(50)53)25-16-32-57-52/h5,8-35H,6-7H2,1-4H3/b31-5-. The van der Waals surface area contributed by atoms with Gasteiger partial charge in [0.1, 0.15) is 11.0 Å². The first kappa shape index (κ1) is 36.4. The van der Waals surface area contributed by atoms with Crippen LogP contribution in [0.2, 0.25) is 0 Å². The smallest absolute Gasteiger partial charge is 0.179 e. The van der Waals surface area contributed by atoms with E-state index in [2.05, 4.69) is 198 Å². The molecular weight excluding hydrogens is 759 g/mol. The van der Waals surface area contributed by atoms with Crippen molar-refractivity contribution in [2.24, 2.45) is 0 Å². The SMILES string of the molecule is C/C=C\C(C)(c1ccc2c(c1)c1ccccc1n2C(CC)(CC)c1ccc2c(c1)c1ccccc1n2-c1ccnc2c1oc1cccnc12)n1c2ccccc2c2ccccc21. The molecule has 6 nitrogen and oxygen atoms in total. The van der Waals surface area contributed by atoms with Crippen LogP contribution in [0.25, 0.3) is 93.3 Å². The highest BCUT2D eigenvalue weighted by atomic mass is 16.3. The van der Waals surface area contributed by atoms with Crippen molar-refractivity contribution in [1.29, 1.82) is 0 Å². The molecule has 1 unspecified atom stereocenters. The van der Waals surface area contributed by atoms with Gasteiger partial charge in [-0.3, -0.25) is 9.97 Å². The van der Waals surface area contributed by atoms with E-state index in [1.807, 2.05) is 18.3 Å². The van der Waals surface area contributed by atoms with E-state index in [4.69, 9.17) is 9.40 Å². The molecule has 0 aliphatic rings. The monoisotopic (exact) mass is 803 g/mol. The maximum atomic E-state index is 6.50. The van der Waals surface area contributed by atoms with Gasteiger partial charge >= 0.3 is 0 Å². The lowest BCUT2D eigenvalue weighted by Crippen LogP contribution is -2.33. The summed E-state index contributed by atoms with van der Waals surface area (Å²) in [5.74, 6) is 0. The summed E-state index contributed by atoms with van der Waals surface area (Å²) in [4.78, 5) is 9.36. The fourth-order valence-corrected chi connectivity index (χ4v) is 11.1. The van der Waals surface area contributed by atoms with Crippen molar-refractivity contribution in [3.05, 3.63) is 187 Å². The van der Waals surface area contributed by atoms with E-state index in [9.17, 15) is 0 Å². The number of hydrogen-bond acceptors (Lipinski definition) is 3. The molecule has 62 heavy (non-hydrogen) atoms. The zero-order valence-electron chi connectivity index (χ0n) is 35.3. The van der Waals surface area contributed by atoms with Crippen LogP contribution in [0.4, 0.5) is 0 Å². The molecule has 6 heteroatoms. The van der Waals surface area contributed by atoms with Gasteiger partial charge in [-0.1, -0.05) is 111 Å². The molecule has 0 aliphatic heterocycles. The second-order valence-corrected chi connectivity index (χ2v) is 16.9. The van der Waals surface area contributed by atoms with Gasteiger partial charge in [0.05, 0.1) is 38.8 Å². The number of nitrogens with zero attached hydrogens (tertiary/aromatic N) is 5. The predicted octanol–water partition coefficient (Wildman–Crippen LogP) is 14.6. The highest BCUT2D eigenvalue weighted by Gasteiger charge is 2.36. The molecule has 6 aromatic carbocycles. The number of fused-ring (bicyclic) bond motifs is 12. The zero-order chi connectivity index (χ0) is 41.7. The van der Waals surface area contributed by atoms with Gasteiger partial charge in [-0.05, 0) is 105 Å². The molecule has 0 spiro atoms. The van der Waals surface area contributed by atoms with Crippen molar-refractivity contribution >= 4 is 87.6 Å². The molecule has 12 aromatic rings. The molecule has 0 saturated heterocycles. The Bertz CT molecular complexity index is 3720. The van der Waals surface area contributed by atoms with Crippen molar-refractivity contribution in [3.8, 4) is 5.69 Å². The second kappa shape index (κ2) is 13.5. The van der Waals surface area contributed by atoms with E-state index in [0.717, 1.165) is 51.8 Å². The Labute approximate surface area is 359 Å². The van der Waals surface area contributed by atoms with Crippen LogP contribution >= 0.6 is 0 Å². The van der Waals surface area contributed by atoms with Gasteiger partial charge in [0.15, 0.2) is 11.2 Å². The van der Waals surface area contributed by atoms with E-state index >= 15 is 0 Å². The zero-order valence-corrected chi connectivity index (χ0v) is 35.3. The third kappa shape index (κ3) is 4.86. The van der Waals surface area contributed by atoms with E-state index in [-0.39, 0.29) is 5.54 Å². The largest absolute Gasteiger partial charge is 0.450 e. The van der Waals surface area contributed by atoms with Crippen LogP contribution in [0.5, 0.6) is 0 Å². The van der Waals surface area contributed by atoms with Crippen molar-refractivity contribution < 1.29 is 4.42 Å². The van der Waals surface area contributed by atoms with Crippen molar-refractivity contribution in [2.45, 2.75) is 51.6 Å². The number of hydrogen-bond donors (Lipinski definition) is 0. The fraction of sp³-hybridized carbons (Fsp3) is 0.143. The number of allylic oxidation sites excluding steroid dienone is 2. The van der Waals surface area contributed by atoms with E-state index in [1.54, 1.807) is 6.20 Å². The number of para-hydroxylation sites is 4. The normalized spacial score (nSPS) is 13.7. The molecule has 0 fully saturated rings. The molecule has 0 saturated carbocycles. The lowest BCUT2D eigenvalue weighted by Gasteiger charge is -2.36. The summed E-state index contributed by atoms with van der Waals surface area (Å²) in [5, 5.41) is 7.48. The number of benzene rings is 6. The average Bonchev–Trinajstić information content (AvgIpc) is 4.07. The summed E-state index contributed by atoms with van der Waals surface area (Å²) in [7, 11) is 0. The molecule has 0 amide bonds. The average molecular weight is 804 g/mol. The van der Waals surface area contributed by atoms with Crippen LogP contribution < -0.4 is 0 Å². The van der Waals surface area contributed by atoms with Gasteiger partial charge in [-0.15, -0.1) is 0 Å². The van der Waals surface area contributed by atoms with E-state index in [0.29, 0.717) is 0 Å². The lowest BCUT2D eigenvalue weighted by molar-refractivity contribution is 0.349. The third-order valence-electron chi connectivity index (χ3n) is 13.9. The summed E-state index contributed by atoms with van der Waals surface area (Å²) in [6.45, 7) is 9.19. The molecule has 12 rings (SSSR count). The Hall–Kier alpha value is -7.44. The molecule has 6 heterocycles. The van der Waals surface area contributed by atoms with Gasteiger partial charge in [0.2, 0.25) is 0 Å². The van der Waals surface area contributed by atoms with Gasteiger partial charge in [-0.25, -0.2) is 0 Å². The molecule has 1 atom stereocenters. The third-order valence-corrected chi connectivity index (χ3v) is 13.9. The Morgan fingerprint density at radius 2 is 1.03 bits per heavy atom. The minimum atomic E-state index is -0.458. The Morgan fingerprint density at radius 1 is 0.516 bits per heavy atom. The molecule has 0 bridgehead atoms. The Morgan fingerprint density at radius 3 is 1.71 bits per heavy atom. The van der Waals surface area contributed by atoms with Gasteiger partial charge in [0, 0.05) is 55.7 Å². The van der Waals surface area contributed by atoms with Crippen LogP contribution in [0, 0.1) is 0 Å². The lowest BCUT2D eigenvalue weighted by atomic mass is 9.83.